The molecule has 1 saturated heterocycles. The molecule has 5 rings (SSSR count). The second kappa shape index (κ2) is 11.1. The Hall–Kier alpha value is -3.79. The normalized spacial score (nSPS) is 21.5. The maximum atomic E-state index is 13.9. The van der Waals surface area contributed by atoms with Crippen molar-refractivity contribution in [2.24, 2.45) is 5.92 Å². The summed E-state index contributed by atoms with van der Waals surface area (Å²) in [7, 11) is 0. The predicted molar refractivity (Wildman–Crippen MR) is 145 cm³/mol. The van der Waals surface area contributed by atoms with Crippen molar-refractivity contribution < 1.29 is 29.0 Å². The molecule has 10 nitrogen and oxygen atoms in total. The molecule has 4 amide bonds. The zero-order valence-corrected chi connectivity index (χ0v) is 22.1. The molecule has 3 aliphatic rings. The molecule has 206 valence electrons. The van der Waals surface area contributed by atoms with Crippen LogP contribution >= 0.6 is 11.6 Å². The number of rotatable bonds is 6. The molecule has 39 heavy (non-hydrogen) atoms. The van der Waals surface area contributed by atoms with Crippen LogP contribution in [0.5, 0.6) is 0 Å². The first-order chi connectivity index (χ1) is 18.7. The van der Waals surface area contributed by atoms with E-state index in [1.807, 2.05) is 0 Å². The highest BCUT2D eigenvalue weighted by Gasteiger charge is 2.49. The average molecular weight is 555 g/mol. The van der Waals surface area contributed by atoms with E-state index >= 15 is 0 Å². The fourth-order valence-corrected chi connectivity index (χ4v) is 6.08. The molecule has 0 radical (unpaired) electrons. The van der Waals surface area contributed by atoms with Gasteiger partial charge in [-0.2, -0.15) is 0 Å². The Kier molecular flexibility index (Phi) is 7.65. The minimum absolute atomic E-state index is 0.166. The SMILES string of the molecule is O=C(O)Nc1ccc(C(=O)N[C@@H](CC2CCCCC2)C(=O)N2CCC3(C2)OC(=O)Nc2ccc(Cl)cc23)cc1. The molecule has 2 aromatic rings. The molecular formula is C28H31ClN4O6. The molecule has 2 aromatic carbocycles. The van der Waals surface area contributed by atoms with Gasteiger partial charge < -0.3 is 20.1 Å². The minimum atomic E-state index is -1.20. The molecule has 1 aliphatic carbocycles. The average Bonchev–Trinajstić information content (AvgIpc) is 3.33. The number of carbonyl (C=O) groups excluding carboxylic acids is 3. The van der Waals surface area contributed by atoms with Gasteiger partial charge in [-0.15, -0.1) is 0 Å². The van der Waals surface area contributed by atoms with Crippen molar-refractivity contribution in [1.82, 2.24) is 10.2 Å². The predicted octanol–water partition coefficient (Wildman–Crippen LogP) is 5.19. The van der Waals surface area contributed by atoms with Gasteiger partial charge in [-0.05, 0) is 54.8 Å². The number of carbonyl (C=O) groups is 4. The Morgan fingerprint density at radius 2 is 1.87 bits per heavy atom. The summed E-state index contributed by atoms with van der Waals surface area (Å²) < 4.78 is 5.78. The number of halogens is 1. The summed E-state index contributed by atoms with van der Waals surface area (Å²) in [5.74, 6) is -0.304. The summed E-state index contributed by atoms with van der Waals surface area (Å²) in [5.41, 5.74) is 0.991. The van der Waals surface area contributed by atoms with Crippen LogP contribution in [0, 0.1) is 5.92 Å². The van der Waals surface area contributed by atoms with Crippen molar-refractivity contribution in [1.29, 1.82) is 0 Å². The first-order valence-electron chi connectivity index (χ1n) is 13.2. The fraction of sp³-hybridized carbons (Fsp3) is 0.429. The van der Waals surface area contributed by atoms with Gasteiger partial charge in [0, 0.05) is 34.8 Å². The Balaban J connectivity index is 1.35. The summed E-state index contributed by atoms with van der Waals surface area (Å²) in [5, 5.41) is 17.3. The van der Waals surface area contributed by atoms with Crippen molar-refractivity contribution in [2.45, 2.75) is 56.6 Å². The van der Waals surface area contributed by atoms with Gasteiger partial charge in [0.25, 0.3) is 5.91 Å². The maximum Gasteiger partial charge on any atom is 0.412 e. The summed E-state index contributed by atoms with van der Waals surface area (Å²) >= 11 is 6.25. The summed E-state index contributed by atoms with van der Waals surface area (Å²) in [6.45, 7) is 0.532. The van der Waals surface area contributed by atoms with Crippen molar-refractivity contribution in [2.75, 3.05) is 23.7 Å². The number of nitrogens with one attached hydrogen (secondary N) is 3. The van der Waals surface area contributed by atoms with Crippen molar-refractivity contribution >= 4 is 47.0 Å². The summed E-state index contributed by atoms with van der Waals surface area (Å²) in [6.07, 6.45) is 4.56. The number of hydrogen-bond donors (Lipinski definition) is 4. The van der Waals surface area contributed by atoms with Gasteiger partial charge in [0.15, 0.2) is 5.60 Å². The van der Waals surface area contributed by atoms with Gasteiger partial charge in [-0.25, -0.2) is 9.59 Å². The standard InChI is InChI=1S/C28H31ClN4O6/c29-19-8-11-22-21(15-19)28(39-27(38)32-22)12-13-33(16-28)25(35)23(14-17-4-2-1-3-5-17)31-24(34)18-6-9-20(10-7-18)30-26(36)37/h6-11,15,17,23,30H,1-5,12-14,16H2,(H,31,34)(H,32,38)(H,36,37)/t23-,28?/m0/s1. The largest absolute Gasteiger partial charge is 0.465 e. The van der Waals surface area contributed by atoms with E-state index in [2.05, 4.69) is 16.0 Å². The van der Waals surface area contributed by atoms with E-state index in [1.165, 1.54) is 30.7 Å². The Bertz CT molecular complexity index is 1280. The van der Waals surface area contributed by atoms with Crippen LogP contribution in [0.3, 0.4) is 0 Å². The van der Waals surface area contributed by atoms with Crippen LogP contribution in [0.15, 0.2) is 42.5 Å². The molecule has 2 fully saturated rings. The van der Waals surface area contributed by atoms with E-state index in [1.54, 1.807) is 23.1 Å². The van der Waals surface area contributed by atoms with Crippen LogP contribution in [0.2, 0.25) is 5.02 Å². The molecule has 0 aromatic heterocycles. The van der Waals surface area contributed by atoms with Crippen LogP contribution in [-0.2, 0) is 15.1 Å². The zero-order chi connectivity index (χ0) is 27.6. The quantitative estimate of drug-likeness (QED) is 0.388. The molecule has 4 N–H and O–H groups in total. The van der Waals surface area contributed by atoms with Crippen LogP contribution < -0.4 is 16.0 Å². The highest BCUT2D eigenvalue weighted by Crippen LogP contribution is 2.44. The molecule has 0 bridgehead atoms. The van der Waals surface area contributed by atoms with Crippen molar-refractivity contribution in [3.63, 3.8) is 0 Å². The van der Waals surface area contributed by atoms with E-state index in [9.17, 15) is 19.2 Å². The lowest BCUT2D eigenvalue weighted by molar-refractivity contribution is -0.133. The second-order valence-electron chi connectivity index (χ2n) is 10.5. The van der Waals surface area contributed by atoms with Crippen LogP contribution in [-0.4, -0.2) is 53.1 Å². The third-order valence-corrected chi connectivity index (χ3v) is 8.07. The monoisotopic (exact) mass is 554 g/mol. The van der Waals surface area contributed by atoms with Gasteiger partial charge in [0.1, 0.15) is 6.04 Å². The molecular weight excluding hydrogens is 524 g/mol. The molecule has 1 saturated carbocycles. The molecule has 1 unspecified atom stereocenters. The topological polar surface area (TPSA) is 137 Å². The van der Waals surface area contributed by atoms with E-state index in [-0.39, 0.29) is 12.5 Å². The highest BCUT2D eigenvalue weighted by molar-refractivity contribution is 6.30. The summed E-state index contributed by atoms with van der Waals surface area (Å²) in [4.78, 5) is 52.0. The van der Waals surface area contributed by atoms with Gasteiger partial charge in [0.2, 0.25) is 5.91 Å². The van der Waals surface area contributed by atoms with Crippen LogP contribution in [0.1, 0.15) is 60.9 Å². The lowest BCUT2D eigenvalue weighted by Crippen LogP contribution is -2.50. The smallest absolute Gasteiger partial charge is 0.412 e. The fourth-order valence-electron chi connectivity index (χ4n) is 5.91. The first kappa shape index (κ1) is 26.8. The van der Waals surface area contributed by atoms with Crippen LogP contribution in [0.25, 0.3) is 0 Å². The number of benzene rings is 2. The van der Waals surface area contributed by atoms with Crippen molar-refractivity contribution in [3.05, 3.63) is 58.6 Å². The van der Waals surface area contributed by atoms with E-state index in [0.29, 0.717) is 47.3 Å². The zero-order valence-electron chi connectivity index (χ0n) is 21.4. The third-order valence-electron chi connectivity index (χ3n) is 7.84. The molecule has 2 aliphatic heterocycles. The number of likely N-dealkylation sites (tertiary alicyclic amines) is 1. The Labute approximate surface area is 231 Å². The lowest BCUT2D eigenvalue weighted by Gasteiger charge is -2.36. The first-order valence-corrected chi connectivity index (χ1v) is 13.6. The molecule has 2 heterocycles. The van der Waals surface area contributed by atoms with E-state index < -0.39 is 29.7 Å². The summed E-state index contributed by atoms with van der Waals surface area (Å²) in [6, 6.07) is 10.5. The number of fused-ring (bicyclic) bond motifs is 2. The number of ether oxygens (including phenoxy) is 1. The third kappa shape index (κ3) is 5.95. The second-order valence-corrected chi connectivity index (χ2v) is 10.9. The van der Waals surface area contributed by atoms with Crippen molar-refractivity contribution in [3.8, 4) is 0 Å². The number of anilines is 2. The van der Waals surface area contributed by atoms with Gasteiger partial charge in [-0.3, -0.25) is 20.2 Å². The Morgan fingerprint density at radius 3 is 2.59 bits per heavy atom. The van der Waals surface area contributed by atoms with E-state index in [0.717, 1.165) is 31.2 Å². The van der Waals surface area contributed by atoms with Gasteiger partial charge in [-0.1, -0.05) is 43.7 Å². The highest BCUT2D eigenvalue weighted by atomic mass is 35.5. The maximum absolute atomic E-state index is 13.9. The number of amides is 4. The minimum Gasteiger partial charge on any atom is -0.465 e. The molecule has 2 atom stereocenters. The Morgan fingerprint density at radius 1 is 1.13 bits per heavy atom. The molecule has 11 heteroatoms. The number of nitrogens with zero attached hydrogens (tertiary/aromatic N) is 1. The van der Waals surface area contributed by atoms with Crippen LogP contribution in [0.4, 0.5) is 21.0 Å². The number of carboxylic acid groups (broad SMARTS) is 1. The van der Waals surface area contributed by atoms with E-state index in [4.69, 9.17) is 21.4 Å². The number of hydrogen-bond acceptors (Lipinski definition) is 5. The lowest BCUT2D eigenvalue weighted by atomic mass is 9.84. The van der Waals surface area contributed by atoms with Gasteiger partial charge in [0.05, 0.1) is 12.2 Å². The van der Waals surface area contributed by atoms with Gasteiger partial charge >= 0.3 is 12.2 Å². The molecule has 1 spiro atoms.